The molecule has 0 saturated carbocycles. The van der Waals surface area contributed by atoms with E-state index in [0.717, 1.165) is 13.2 Å². The van der Waals surface area contributed by atoms with Crippen molar-refractivity contribution in [2.24, 2.45) is 0 Å². The maximum Gasteiger partial charge on any atom is 0.0991 e. The first-order valence-electron chi connectivity index (χ1n) is 5.58. The van der Waals surface area contributed by atoms with Crippen LogP contribution in [-0.2, 0) is 4.74 Å². The van der Waals surface area contributed by atoms with Crippen molar-refractivity contribution in [3.63, 3.8) is 0 Å². The number of hydrogen-bond acceptors (Lipinski definition) is 3. The maximum absolute atomic E-state index is 8.76. The van der Waals surface area contributed by atoms with Crippen LogP contribution in [0.3, 0.4) is 0 Å². The van der Waals surface area contributed by atoms with E-state index in [1.807, 2.05) is 24.3 Å². The predicted molar refractivity (Wildman–Crippen MR) is 63.4 cm³/mol. The lowest BCUT2D eigenvalue weighted by Crippen LogP contribution is -2.49. The third-order valence-electron chi connectivity index (χ3n) is 2.96. The number of anilines is 1. The monoisotopic (exact) mass is 216 g/mol. The molecule has 1 saturated heterocycles. The van der Waals surface area contributed by atoms with Gasteiger partial charge in [0.05, 0.1) is 24.8 Å². The second kappa shape index (κ2) is 4.54. The number of nitriles is 1. The highest BCUT2D eigenvalue weighted by atomic mass is 16.5. The first-order chi connectivity index (χ1) is 7.72. The quantitative estimate of drug-likeness (QED) is 0.722. The second-order valence-corrected chi connectivity index (χ2v) is 4.30. The minimum atomic E-state index is 0.386. The van der Waals surface area contributed by atoms with E-state index in [4.69, 9.17) is 10.00 Å². The molecule has 3 nitrogen and oxygen atoms in total. The molecule has 0 bridgehead atoms. The molecule has 2 atom stereocenters. The van der Waals surface area contributed by atoms with Crippen molar-refractivity contribution >= 4 is 5.69 Å². The number of nitrogens with zero attached hydrogens (tertiary/aromatic N) is 2. The number of morpholine rings is 1. The highest BCUT2D eigenvalue weighted by molar-refractivity contribution is 5.51. The summed E-state index contributed by atoms with van der Waals surface area (Å²) in [6.45, 7) is 5.86. The maximum atomic E-state index is 8.76. The highest BCUT2D eigenvalue weighted by Crippen LogP contribution is 2.23. The molecule has 1 fully saturated rings. The van der Waals surface area contributed by atoms with Crippen LogP contribution in [0.25, 0.3) is 0 Å². The van der Waals surface area contributed by atoms with Crippen molar-refractivity contribution in [3.8, 4) is 6.07 Å². The van der Waals surface area contributed by atoms with Gasteiger partial charge in [0.15, 0.2) is 0 Å². The fourth-order valence-corrected chi connectivity index (χ4v) is 2.22. The van der Waals surface area contributed by atoms with E-state index in [-0.39, 0.29) is 0 Å². The first-order valence-corrected chi connectivity index (χ1v) is 5.58. The molecule has 1 aromatic carbocycles. The molecule has 2 rings (SSSR count). The third-order valence-corrected chi connectivity index (χ3v) is 2.96. The molecule has 0 N–H and O–H groups in total. The molecule has 1 aliphatic heterocycles. The van der Waals surface area contributed by atoms with Gasteiger partial charge in [0, 0.05) is 17.8 Å². The van der Waals surface area contributed by atoms with E-state index in [9.17, 15) is 0 Å². The highest BCUT2D eigenvalue weighted by Gasteiger charge is 2.25. The number of rotatable bonds is 1. The van der Waals surface area contributed by atoms with Gasteiger partial charge in [-0.2, -0.15) is 5.26 Å². The van der Waals surface area contributed by atoms with Crippen LogP contribution in [0.2, 0.25) is 0 Å². The lowest BCUT2D eigenvalue weighted by molar-refractivity contribution is 0.0757. The zero-order valence-corrected chi connectivity index (χ0v) is 9.68. The van der Waals surface area contributed by atoms with Crippen molar-refractivity contribution in [1.82, 2.24) is 0 Å². The van der Waals surface area contributed by atoms with Gasteiger partial charge in [0.2, 0.25) is 0 Å². The second-order valence-electron chi connectivity index (χ2n) is 4.30. The number of ether oxygens (including phenoxy) is 1. The first kappa shape index (κ1) is 11.0. The van der Waals surface area contributed by atoms with E-state index in [2.05, 4.69) is 24.8 Å². The summed E-state index contributed by atoms with van der Waals surface area (Å²) in [5, 5.41) is 8.76. The molecule has 2 unspecified atom stereocenters. The number of benzene rings is 1. The van der Waals surface area contributed by atoms with Gasteiger partial charge < -0.3 is 9.64 Å². The average Bonchev–Trinajstić information content (AvgIpc) is 2.30. The predicted octanol–water partition coefficient (Wildman–Crippen LogP) is 2.17. The van der Waals surface area contributed by atoms with Crippen molar-refractivity contribution in [1.29, 1.82) is 5.26 Å². The zero-order valence-electron chi connectivity index (χ0n) is 9.68. The molecule has 3 heteroatoms. The van der Waals surface area contributed by atoms with E-state index in [0.29, 0.717) is 17.6 Å². The van der Waals surface area contributed by atoms with E-state index in [1.165, 1.54) is 5.69 Å². The average molecular weight is 216 g/mol. The normalized spacial score (nSPS) is 25.2. The molecule has 0 radical (unpaired) electrons. The summed E-state index contributed by atoms with van der Waals surface area (Å²) in [6, 6.07) is 10.7. The SMILES string of the molecule is CC1COCC(C)N1c1ccc(C#N)cc1. The third kappa shape index (κ3) is 2.02. The van der Waals surface area contributed by atoms with Crippen LogP contribution in [-0.4, -0.2) is 25.3 Å². The van der Waals surface area contributed by atoms with Gasteiger partial charge >= 0.3 is 0 Å². The van der Waals surface area contributed by atoms with Gasteiger partial charge in [-0.25, -0.2) is 0 Å². The molecule has 0 spiro atoms. The van der Waals surface area contributed by atoms with Gasteiger partial charge in [-0.3, -0.25) is 0 Å². The summed E-state index contributed by atoms with van der Waals surface area (Å²) < 4.78 is 5.50. The van der Waals surface area contributed by atoms with E-state index >= 15 is 0 Å². The minimum absolute atomic E-state index is 0.386. The Hall–Kier alpha value is -1.53. The standard InChI is InChI=1S/C13H16N2O/c1-10-8-16-9-11(2)15(10)13-5-3-12(7-14)4-6-13/h3-6,10-11H,8-9H2,1-2H3. The summed E-state index contributed by atoms with van der Waals surface area (Å²) in [6.07, 6.45) is 0. The molecule has 1 aliphatic rings. The lowest BCUT2D eigenvalue weighted by Gasteiger charge is -2.40. The van der Waals surface area contributed by atoms with Crippen LogP contribution in [0.4, 0.5) is 5.69 Å². The Balaban J connectivity index is 2.24. The Morgan fingerprint density at radius 1 is 1.19 bits per heavy atom. The van der Waals surface area contributed by atoms with Gasteiger partial charge in [-0.15, -0.1) is 0 Å². The Labute approximate surface area is 96.2 Å². The van der Waals surface area contributed by atoms with Gasteiger partial charge in [0.25, 0.3) is 0 Å². The molecule has 84 valence electrons. The molecular formula is C13H16N2O. The van der Waals surface area contributed by atoms with E-state index < -0.39 is 0 Å². The van der Waals surface area contributed by atoms with E-state index in [1.54, 1.807) is 0 Å². The van der Waals surface area contributed by atoms with Crippen LogP contribution < -0.4 is 4.90 Å². The molecule has 0 amide bonds. The van der Waals surface area contributed by atoms with Crippen molar-refractivity contribution in [3.05, 3.63) is 29.8 Å². The number of hydrogen-bond donors (Lipinski definition) is 0. The molecule has 1 heterocycles. The molecule has 0 aliphatic carbocycles. The van der Waals surface area contributed by atoms with Crippen LogP contribution in [0, 0.1) is 11.3 Å². The van der Waals surface area contributed by atoms with Crippen molar-refractivity contribution < 1.29 is 4.74 Å². The van der Waals surface area contributed by atoms with Crippen LogP contribution in [0.5, 0.6) is 0 Å². The summed E-state index contributed by atoms with van der Waals surface area (Å²) in [4.78, 5) is 2.35. The largest absolute Gasteiger partial charge is 0.377 e. The fraction of sp³-hybridized carbons (Fsp3) is 0.462. The Kier molecular flexibility index (Phi) is 3.12. The van der Waals surface area contributed by atoms with Crippen molar-refractivity contribution in [2.75, 3.05) is 18.1 Å². The fourth-order valence-electron chi connectivity index (χ4n) is 2.22. The molecule has 1 aromatic rings. The summed E-state index contributed by atoms with van der Waals surface area (Å²) in [7, 11) is 0. The Morgan fingerprint density at radius 3 is 2.25 bits per heavy atom. The Bertz CT molecular complexity index is 383. The minimum Gasteiger partial charge on any atom is -0.377 e. The van der Waals surface area contributed by atoms with Crippen LogP contribution in [0.15, 0.2) is 24.3 Å². The van der Waals surface area contributed by atoms with Gasteiger partial charge in [-0.05, 0) is 38.1 Å². The molecule has 0 aromatic heterocycles. The van der Waals surface area contributed by atoms with Gasteiger partial charge in [0.1, 0.15) is 0 Å². The van der Waals surface area contributed by atoms with Crippen molar-refractivity contribution in [2.45, 2.75) is 25.9 Å². The smallest absolute Gasteiger partial charge is 0.0991 e. The van der Waals surface area contributed by atoms with Gasteiger partial charge in [-0.1, -0.05) is 0 Å². The summed E-state index contributed by atoms with van der Waals surface area (Å²) in [5.74, 6) is 0. The van der Waals surface area contributed by atoms with Crippen LogP contribution in [0.1, 0.15) is 19.4 Å². The zero-order chi connectivity index (χ0) is 11.5. The lowest BCUT2D eigenvalue weighted by atomic mass is 10.1. The topological polar surface area (TPSA) is 36.3 Å². The molecular weight excluding hydrogens is 200 g/mol. The van der Waals surface area contributed by atoms with Crippen LogP contribution >= 0.6 is 0 Å². The Morgan fingerprint density at radius 2 is 1.75 bits per heavy atom. The summed E-state index contributed by atoms with van der Waals surface area (Å²) in [5.41, 5.74) is 1.87. The summed E-state index contributed by atoms with van der Waals surface area (Å²) >= 11 is 0. The molecule has 16 heavy (non-hydrogen) atoms.